The number of nitrogens with zero attached hydrogens (tertiary/aromatic N) is 6. The Morgan fingerprint density at radius 1 is 0.204 bits per heavy atom. The zero-order valence-electron chi connectivity index (χ0n) is 79.6. The Hall–Kier alpha value is -17.3. The molecule has 0 saturated carbocycles. The topological polar surface area (TPSA) is 41.0 Å². The molecule has 0 bridgehead atoms. The van der Waals surface area contributed by atoms with Crippen molar-refractivity contribution >= 4 is 185 Å². The highest BCUT2D eigenvalue weighted by atomic mass is 28.3. The normalized spacial score (nSPS) is 13.5. The fourth-order valence-electron chi connectivity index (χ4n) is 24.7. The van der Waals surface area contributed by atoms with Gasteiger partial charge in [-0.25, -0.2) is 0 Å². The van der Waals surface area contributed by atoms with Gasteiger partial charge >= 0.3 is 0 Å². The van der Waals surface area contributed by atoms with Crippen molar-refractivity contribution in [3.63, 3.8) is 0 Å². The lowest BCUT2D eigenvalue weighted by Crippen LogP contribution is -2.49. The molecule has 0 atom stereocenters. The molecule has 142 heavy (non-hydrogen) atoms. The highest BCUT2D eigenvalue weighted by molar-refractivity contribution is 7.04. The minimum absolute atomic E-state index is 0.105. The van der Waals surface area contributed by atoms with Gasteiger partial charge in [0.25, 0.3) is 0 Å². The van der Waals surface area contributed by atoms with Crippen molar-refractivity contribution in [2.75, 3.05) is 4.90 Å². The first-order chi connectivity index (χ1) is 69.7. The predicted octanol–water partition coefficient (Wildman–Crippen LogP) is 33.2. The summed E-state index contributed by atoms with van der Waals surface area (Å²) >= 11 is 0. The fourth-order valence-corrected chi connectivity index (χ4v) is 30.9. The molecule has 9 heteroatoms. The van der Waals surface area contributed by atoms with Crippen molar-refractivity contribution in [1.29, 1.82) is 0 Å². The van der Waals surface area contributed by atoms with Gasteiger partial charge in [-0.05, 0) is 257 Å². The summed E-state index contributed by atoms with van der Waals surface area (Å²) < 4.78 is 18.4. The molecular weight excluding hydrogens is 1750 g/mol. The summed E-state index contributed by atoms with van der Waals surface area (Å²) in [5, 5.41) is 21.3. The summed E-state index contributed by atoms with van der Waals surface area (Å²) in [6.07, 6.45) is 0. The summed E-state index contributed by atoms with van der Waals surface area (Å²) in [7, 11) is -3.64. The van der Waals surface area contributed by atoms with Crippen LogP contribution in [0.1, 0.15) is 25.0 Å². The second kappa shape index (κ2) is 31.9. The Bertz CT molecular complexity index is 9840. The van der Waals surface area contributed by atoms with Crippen LogP contribution >= 0.6 is 0 Å². The maximum absolute atomic E-state index is 6.18. The molecule has 8 heterocycles. The van der Waals surface area contributed by atoms with Crippen LogP contribution in [0.3, 0.4) is 0 Å². The van der Waals surface area contributed by atoms with Gasteiger partial charge in [-0.3, -0.25) is 0 Å². The Balaban J connectivity index is 0.000000105. The van der Waals surface area contributed by atoms with Crippen molar-refractivity contribution in [3.05, 3.63) is 484 Å². The average Bonchev–Trinajstić information content (AvgIpc) is 1.54. The predicted molar refractivity (Wildman–Crippen MR) is 606 cm³/mol. The first-order valence-corrected chi connectivity index (χ1v) is 55.5. The van der Waals surface area contributed by atoms with Gasteiger partial charge in [0.2, 0.25) is 0 Å². The van der Waals surface area contributed by atoms with Crippen molar-refractivity contribution in [1.82, 2.24) is 22.8 Å². The molecule has 0 fully saturated rings. The van der Waals surface area contributed by atoms with Crippen LogP contribution in [0, 0.1) is 0 Å². The van der Waals surface area contributed by atoms with Gasteiger partial charge in [-0.15, -0.1) is 0 Å². The molecule has 7 nitrogen and oxygen atoms in total. The molecule has 0 spiro atoms. The van der Waals surface area contributed by atoms with Gasteiger partial charge in [0.05, 0.1) is 55.2 Å². The van der Waals surface area contributed by atoms with Crippen LogP contribution in [-0.4, -0.2) is 39.0 Å². The van der Waals surface area contributed by atoms with Gasteiger partial charge in [-0.1, -0.05) is 343 Å². The molecule has 6 aromatic heterocycles. The van der Waals surface area contributed by atoms with Crippen LogP contribution < -0.4 is 25.6 Å². The SMILES string of the molecule is CC1(C)c2ccccc2-c2ccc3c4ccccc4n(-c4ccc(-c5ccc6c(c5)c5ccccc5n6-c5ccccc5)cc4)c3c21.C[Si]1(C)c2ccccc2-c2cc3c(cc21)c1cc(-c2ccccc2)ccc1n3-c1ccc2oc3ccccc3c2c1.C[Si]1(C)c2ccccc2-c2cc3c(cc21)c1ccccc1n3-c1ccc2c3cc(N(c4ccccc4)c4ccccc4)ccc3n(-c3ccccc3)c2c1. The second-order valence-corrected chi connectivity index (χ2v) is 48.8. The third kappa shape index (κ3) is 12.6. The lowest BCUT2D eigenvalue weighted by atomic mass is 9.81. The van der Waals surface area contributed by atoms with Crippen molar-refractivity contribution in [2.45, 2.75) is 45.5 Å². The van der Waals surface area contributed by atoms with E-state index in [9.17, 15) is 0 Å². The lowest BCUT2D eigenvalue weighted by molar-refractivity contribution is 0.664. The first kappa shape index (κ1) is 82.9. The third-order valence-electron chi connectivity index (χ3n) is 31.4. The third-order valence-corrected chi connectivity index (χ3v) is 38.4. The molecule has 0 amide bonds. The van der Waals surface area contributed by atoms with E-state index in [0.717, 1.165) is 56.1 Å². The van der Waals surface area contributed by atoms with E-state index in [0.29, 0.717) is 0 Å². The van der Waals surface area contributed by atoms with Crippen LogP contribution in [0.25, 0.3) is 215 Å². The minimum atomic E-state index is -1.83. The molecular formula is C133H96N6OSi2. The zero-order valence-corrected chi connectivity index (χ0v) is 81.6. The van der Waals surface area contributed by atoms with E-state index >= 15 is 0 Å². The quantitative estimate of drug-likeness (QED) is 0.128. The number of rotatable bonds is 10. The maximum atomic E-state index is 6.18. The molecule has 3 aliphatic rings. The van der Waals surface area contributed by atoms with E-state index in [-0.39, 0.29) is 5.41 Å². The van der Waals surface area contributed by atoms with Gasteiger partial charge < -0.3 is 32.2 Å². The molecule has 0 saturated heterocycles. The van der Waals surface area contributed by atoms with Gasteiger partial charge in [0.15, 0.2) is 0 Å². The van der Waals surface area contributed by atoms with Crippen molar-refractivity contribution in [3.8, 4) is 84.1 Å². The number of benzene rings is 21. The highest BCUT2D eigenvalue weighted by Gasteiger charge is 2.42. The summed E-state index contributed by atoms with van der Waals surface area (Å²) in [6.45, 7) is 14.8. The number of para-hydroxylation sites is 8. The molecule has 1 aliphatic carbocycles. The highest BCUT2D eigenvalue weighted by Crippen LogP contribution is 2.54. The Kier molecular flexibility index (Phi) is 18.6. The molecule has 0 radical (unpaired) electrons. The maximum Gasteiger partial charge on any atom is 0.135 e. The molecule has 0 unspecified atom stereocenters. The summed E-state index contributed by atoms with van der Waals surface area (Å²) in [4.78, 5) is 2.35. The van der Waals surface area contributed by atoms with Crippen LogP contribution in [0.5, 0.6) is 0 Å². The monoisotopic (exact) mass is 1850 g/mol. The fraction of sp³-hybridized carbons (Fsp3) is 0.0526. The van der Waals surface area contributed by atoms with Gasteiger partial charge in [-0.2, -0.15) is 0 Å². The average molecular weight is 1850 g/mol. The smallest absolute Gasteiger partial charge is 0.135 e. The number of furan rings is 1. The lowest BCUT2D eigenvalue weighted by Gasteiger charge is -2.25. The van der Waals surface area contributed by atoms with Crippen molar-refractivity contribution < 1.29 is 4.42 Å². The standard InChI is InChI=1S/C50H37N3Si.C45H32N2.C38H27NOSi/c1-54(2)49-25-15-13-23-41(49)44-32-48-43(33-50(44)54)39-22-12-14-24-45(39)53(48)38-26-28-40-42-30-37(51(34-16-6-3-7-17-34)35-18-8-4-9-19-35)27-29-46(42)52(47(40)31-38)36-20-10-5-11-21-36;1-45(2)39-17-9-6-14-33(39)36-25-26-37-34-15-7-11-19-41(34)47(44(37)43(36)45)32-23-20-29(21-24-32)30-22-27-42-38(28-30)35-16-8-10-18-40(35)46(42)31-12-4-3-5-13-31;1-41(2)37-15-9-7-13-28(37)32-22-34-30(23-38(32)41)29-20-25(24-10-4-3-5-11-24)16-18-33(29)39(34)26-17-19-36-31(21-26)27-12-6-8-14-35(27)40-36/h3-33H,1-2H3;3-28H,1-2H3;3-23H,1-2H3. The van der Waals surface area contributed by atoms with Crippen LogP contribution in [0.15, 0.2) is 478 Å². The zero-order chi connectivity index (χ0) is 94.5. The second-order valence-electron chi connectivity index (χ2n) is 40.2. The van der Waals surface area contributed by atoms with E-state index < -0.39 is 16.1 Å². The van der Waals surface area contributed by atoms with Crippen LogP contribution in [0.2, 0.25) is 26.2 Å². The number of hydrogen-bond donors (Lipinski definition) is 0. The van der Waals surface area contributed by atoms with Gasteiger partial charge in [0.1, 0.15) is 27.3 Å². The number of hydrogen-bond acceptors (Lipinski definition) is 2. The summed E-state index contributed by atoms with van der Waals surface area (Å²) in [5.74, 6) is 0. The van der Waals surface area contributed by atoms with E-state index in [1.165, 1.54) is 208 Å². The summed E-state index contributed by atoms with van der Waals surface area (Å²) in [6, 6.07) is 174. The van der Waals surface area contributed by atoms with E-state index in [4.69, 9.17) is 4.42 Å². The van der Waals surface area contributed by atoms with Crippen molar-refractivity contribution in [2.24, 2.45) is 0 Å². The number of fused-ring (bicyclic) bond motifs is 28. The molecule has 2 aliphatic heterocycles. The molecule has 0 N–H and O–H groups in total. The van der Waals surface area contributed by atoms with E-state index in [1.807, 2.05) is 12.1 Å². The van der Waals surface area contributed by atoms with Crippen LogP contribution in [0.4, 0.5) is 17.1 Å². The number of anilines is 3. The number of aromatic nitrogens is 5. The first-order valence-electron chi connectivity index (χ1n) is 49.5. The molecule has 30 rings (SSSR count). The Morgan fingerprint density at radius 2 is 0.577 bits per heavy atom. The Morgan fingerprint density at radius 3 is 1.16 bits per heavy atom. The molecule has 21 aromatic carbocycles. The van der Waals surface area contributed by atoms with Crippen LogP contribution in [-0.2, 0) is 5.41 Å². The van der Waals surface area contributed by atoms with E-state index in [2.05, 4.69) is 529 Å². The van der Waals surface area contributed by atoms with E-state index in [1.54, 1.807) is 0 Å². The minimum Gasteiger partial charge on any atom is -0.456 e. The molecule has 27 aromatic rings. The Labute approximate surface area is 824 Å². The van der Waals surface area contributed by atoms with Gasteiger partial charge in [0, 0.05) is 116 Å². The summed E-state index contributed by atoms with van der Waals surface area (Å²) in [5.41, 5.74) is 39.3. The molecule has 672 valence electrons. The largest absolute Gasteiger partial charge is 0.456 e.